The zero-order valence-corrected chi connectivity index (χ0v) is 15.3. The Morgan fingerprint density at radius 3 is 2.50 bits per heavy atom. The first-order valence-corrected chi connectivity index (χ1v) is 8.67. The third-order valence-corrected chi connectivity index (χ3v) is 3.76. The predicted octanol–water partition coefficient (Wildman–Crippen LogP) is 2.83. The van der Waals surface area contributed by atoms with Crippen molar-refractivity contribution in [1.29, 1.82) is 0 Å². The van der Waals surface area contributed by atoms with Crippen molar-refractivity contribution in [3.8, 4) is 5.75 Å². The summed E-state index contributed by atoms with van der Waals surface area (Å²) in [6.07, 6.45) is 0.670. The molecular formula is C20H21FN2O5. The van der Waals surface area contributed by atoms with E-state index in [4.69, 9.17) is 9.84 Å². The van der Waals surface area contributed by atoms with Crippen LogP contribution < -0.4 is 15.4 Å². The molecule has 0 fully saturated rings. The molecule has 148 valence electrons. The summed E-state index contributed by atoms with van der Waals surface area (Å²) < 4.78 is 18.4. The second kappa shape index (κ2) is 10.1. The quantitative estimate of drug-likeness (QED) is 0.573. The standard InChI is InChI=1S/C20H21FN2O5/c1-13(20(26)27)22-19(25)14-7-9-16(10-8-14)23-18(24)6-3-11-28-17-5-2-4-15(21)12-17/h2,4-5,7-10,12-13H,3,6,11H2,1H3,(H,22,25)(H,23,24)(H,26,27). The van der Waals surface area contributed by atoms with E-state index in [9.17, 15) is 18.8 Å². The van der Waals surface area contributed by atoms with Gasteiger partial charge < -0.3 is 20.5 Å². The van der Waals surface area contributed by atoms with Gasteiger partial charge in [-0.1, -0.05) is 6.07 Å². The average molecular weight is 388 g/mol. The highest BCUT2D eigenvalue weighted by molar-refractivity contribution is 5.97. The molecule has 0 radical (unpaired) electrons. The molecule has 0 saturated heterocycles. The van der Waals surface area contributed by atoms with Gasteiger partial charge in [0.2, 0.25) is 5.91 Å². The number of carbonyl (C=O) groups excluding carboxylic acids is 2. The fraction of sp³-hybridized carbons (Fsp3) is 0.250. The number of rotatable bonds is 9. The van der Waals surface area contributed by atoms with Gasteiger partial charge in [0.15, 0.2) is 0 Å². The molecule has 28 heavy (non-hydrogen) atoms. The van der Waals surface area contributed by atoms with Crippen molar-refractivity contribution in [3.63, 3.8) is 0 Å². The molecule has 2 aromatic rings. The van der Waals surface area contributed by atoms with E-state index in [2.05, 4.69) is 10.6 Å². The first kappa shape index (κ1) is 20.9. The van der Waals surface area contributed by atoms with Gasteiger partial charge in [0.25, 0.3) is 5.91 Å². The van der Waals surface area contributed by atoms with Crippen LogP contribution in [0.4, 0.5) is 10.1 Å². The van der Waals surface area contributed by atoms with Crippen molar-refractivity contribution in [2.24, 2.45) is 0 Å². The summed E-state index contributed by atoms with van der Waals surface area (Å²) in [6.45, 7) is 1.64. The van der Waals surface area contributed by atoms with Crippen molar-refractivity contribution < 1.29 is 28.6 Å². The summed E-state index contributed by atoms with van der Waals surface area (Å²) in [7, 11) is 0. The molecule has 0 heterocycles. The number of halogens is 1. The fourth-order valence-corrected chi connectivity index (χ4v) is 2.25. The number of carboxylic acids is 1. The van der Waals surface area contributed by atoms with E-state index in [1.807, 2.05) is 0 Å². The van der Waals surface area contributed by atoms with Crippen LogP contribution in [0.25, 0.3) is 0 Å². The molecule has 7 nitrogen and oxygen atoms in total. The van der Waals surface area contributed by atoms with Crippen LogP contribution in [-0.4, -0.2) is 35.5 Å². The molecule has 0 aliphatic heterocycles. The summed E-state index contributed by atoms with van der Waals surface area (Å²) in [5, 5.41) is 13.8. The van der Waals surface area contributed by atoms with Gasteiger partial charge in [-0.05, 0) is 49.7 Å². The minimum Gasteiger partial charge on any atom is -0.493 e. The number of carbonyl (C=O) groups is 3. The van der Waals surface area contributed by atoms with E-state index < -0.39 is 17.9 Å². The number of hydrogen-bond acceptors (Lipinski definition) is 4. The van der Waals surface area contributed by atoms with Crippen LogP contribution >= 0.6 is 0 Å². The lowest BCUT2D eigenvalue weighted by molar-refractivity contribution is -0.138. The Hall–Kier alpha value is -3.42. The molecule has 0 aliphatic carbocycles. The smallest absolute Gasteiger partial charge is 0.325 e. The van der Waals surface area contributed by atoms with Gasteiger partial charge in [-0.15, -0.1) is 0 Å². The number of benzene rings is 2. The third-order valence-electron chi connectivity index (χ3n) is 3.76. The lowest BCUT2D eigenvalue weighted by atomic mass is 10.1. The maximum atomic E-state index is 13.0. The maximum absolute atomic E-state index is 13.0. The van der Waals surface area contributed by atoms with Gasteiger partial charge in [0.05, 0.1) is 6.61 Å². The molecule has 2 aromatic carbocycles. The zero-order valence-electron chi connectivity index (χ0n) is 15.3. The lowest BCUT2D eigenvalue weighted by Crippen LogP contribution is -2.38. The van der Waals surface area contributed by atoms with Crippen molar-refractivity contribution >= 4 is 23.5 Å². The Morgan fingerprint density at radius 2 is 1.86 bits per heavy atom. The lowest BCUT2D eigenvalue weighted by Gasteiger charge is -2.10. The Kier molecular flexibility index (Phi) is 7.50. The summed E-state index contributed by atoms with van der Waals surface area (Å²) in [5.41, 5.74) is 0.800. The third kappa shape index (κ3) is 6.71. The van der Waals surface area contributed by atoms with E-state index in [1.165, 1.54) is 31.2 Å². The number of amides is 2. The normalized spacial score (nSPS) is 11.4. The largest absolute Gasteiger partial charge is 0.493 e. The number of carboxylic acid groups (broad SMARTS) is 1. The molecule has 0 saturated carbocycles. The highest BCUT2D eigenvalue weighted by Gasteiger charge is 2.15. The Morgan fingerprint density at radius 1 is 1.14 bits per heavy atom. The molecule has 2 rings (SSSR count). The second-order valence-electron chi connectivity index (χ2n) is 6.07. The molecule has 2 amide bonds. The average Bonchev–Trinajstić information content (AvgIpc) is 2.65. The minimum absolute atomic E-state index is 0.216. The molecule has 1 unspecified atom stereocenters. The number of aliphatic carboxylic acids is 1. The van der Waals surface area contributed by atoms with E-state index in [0.717, 1.165) is 0 Å². The van der Waals surface area contributed by atoms with Crippen molar-refractivity contribution in [2.45, 2.75) is 25.8 Å². The highest BCUT2D eigenvalue weighted by Crippen LogP contribution is 2.13. The van der Waals surface area contributed by atoms with Gasteiger partial charge in [0.1, 0.15) is 17.6 Å². The van der Waals surface area contributed by atoms with Crippen LogP contribution in [-0.2, 0) is 9.59 Å². The predicted molar refractivity (Wildman–Crippen MR) is 101 cm³/mol. The zero-order chi connectivity index (χ0) is 20.5. The van der Waals surface area contributed by atoms with Crippen LogP contribution in [0.5, 0.6) is 5.75 Å². The molecule has 8 heteroatoms. The molecular weight excluding hydrogens is 367 g/mol. The number of nitrogens with one attached hydrogen (secondary N) is 2. The number of ether oxygens (including phenoxy) is 1. The van der Waals surface area contributed by atoms with E-state index >= 15 is 0 Å². The fourth-order valence-electron chi connectivity index (χ4n) is 2.25. The number of anilines is 1. The van der Waals surface area contributed by atoms with Crippen LogP contribution in [0.15, 0.2) is 48.5 Å². The van der Waals surface area contributed by atoms with Gasteiger partial charge >= 0.3 is 5.97 Å². The Balaban J connectivity index is 1.74. The Labute approximate surface area is 161 Å². The first-order valence-electron chi connectivity index (χ1n) is 8.67. The SMILES string of the molecule is CC(NC(=O)c1ccc(NC(=O)CCCOc2cccc(F)c2)cc1)C(=O)O. The molecule has 0 spiro atoms. The minimum atomic E-state index is -1.13. The molecule has 0 aromatic heterocycles. The molecule has 3 N–H and O–H groups in total. The number of hydrogen-bond donors (Lipinski definition) is 3. The highest BCUT2D eigenvalue weighted by atomic mass is 19.1. The summed E-state index contributed by atoms with van der Waals surface area (Å²) in [5.74, 6) is -1.84. The van der Waals surface area contributed by atoms with Crippen LogP contribution in [0.2, 0.25) is 0 Å². The van der Waals surface area contributed by atoms with Crippen LogP contribution in [0.1, 0.15) is 30.1 Å². The van der Waals surface area contributed by atoms with Crippen molar-refractivity contribution in [1.82, 2.24) is 5.32 Å². The second-order valence-corrected chi connectivity index (χ2v) is 6.07. The van der Waals surface area contributed by atoms with E-state index in [1.54, 1.807) is 24.3 Å². The van der Waals surface area contributed by atoms with Gasteiger partial charge in [-0.25, -0.2) is 4.39 Å². The molecule has 0 aliphatic rings. The van der Waals surface area contributed by atoms with Gasteiger partial charge in [0, 0.05) is 23.7 Å². The Bertz CT molecular complexity index is 839. The summed E-state index contributed by atoms with van der Waals surface area (Å²) >= 11 is 0. The van der Waals surface area contributed by atoms with Crippen molar-refractivity contribution in [3.05, 3.63) is 59.9 Å². The summed E-state index contributed by atoms with van der Waals surface area (Å²) in [6, 6.07) is 10.9. The van der Waals surface area contributed by atoms with E-state index in [0.29, 0.717) is 17.9 Å². The van der Waals surface area contributed by atoms with Gasteiger partial charge in [-0.2, -0.15) is 0 Å². The summed E-state index contributed by atoms with van der Waals surface area (Å²) in [4.78, 5) is 34.6. The maximum Gasteiger partial charge on any atom is 0.325 e. The molecule has 1 atom stereocenters. The molecule has 0 bridgehead atoms. The topological polar surface area (TPSA) is 105 Å². The van der Waals surface area contributed by atoms with Crippen molar-refractivity contribution in [2.75, 3.05) is 11.9 Å². The van der Waals surface area contributed by atoms with Crippen LogP contribution in [0.3, 0.4) is 0 Å². The first-order chi connectivity index (χ1) is 13.3. The van der Waals surface area contributed by atoms with E-state index in [-0.39, 0.29) is 30.3 Å². The van der Waals surface area contributed by atoms with Gasteiger partial charge in [-0.3, -0.25) is 14.4 Å². The van der Waals surface area contributed by atoms with Crippen LogP contribution in [0, 0.1) is 5.82 Å². The monoisotopic (exact) mass is 388 g/mol.